The zero-order valence-corrected chi connectivity index (χ0v) is 12.0. The molecule has 4 nitrogen and oxygen atoms in total. The molecule has 0 heterocycles. The van der Waals surface area contributed by atoms with Crippen LogP contribution in [0.3, 0.4) is 0 Å². The second-order valence-corrected chi connectivity index (χ2v) is 5.03. The minimum Gasteiger partial charge on any atom is -0.478 e. The molecule has 0 atom stereocenters. The Balaban J connectivity index is 2.36. The summed E-state index contributed by atoms with van der Waals surface area (Å²) in [4.78, 5) is 11.0. The number of aromatic carboxylic acids is 1. The van der Waals surface area contributed by atoms with Gasteiger partial charge in [-0.25, -0.2) is 4.79 Å². The summed E-state index contributed by atoms with van der Waals surface area (Å²) >= 11 is 9.35. The lowest BCUT2D eigenvalue weighted by molar-refractivity contribution is 0.0698. The van der Waals surface area contributed by atoms with Crippen molar-refractivity contribution in [2.45, 2.75) is 0 Å². The third kappa shape index (κ3) is 3.00. The molecule has 0 aromatic heterocycles. The van der Waals surface area contributed by atoms with Crippen molar-refractivity contribution in [1.29, 1.82) is 0 Å². The number of anilines is 3. The van der Waals surface area contributed by atoms with E-state index in [9.17, 15) is 4.79 Å². The van der Waals surface area contributed by atoms with E-state index in [-0.39, 0.29) is 11.3 Å². The molecule has 19 heavy (non-hydrogen) atoms. The number of carbonyl (C=O) groups is 1. The number of rotatable bonds is 3. The van der Waals surface area contributed by atoms with Gasteiger partial charge in [0, 0.05) is 11.4 Å². The summed E-state index contributed by atoms with van der Waals surface area (Å²) in [5.41, 5.74) is 7.25. The van der Waals surface area contributed by atoms with E-state index in [0.29, 0.717) is 15.2 Å². The Bertz CT molecular complexity index is 647. The number of hydrogen-bond donors (Lipinski definition) is 3. The maximum absolute atomic E-state index is 11.0. The van der Waals surface area contributed by atoms with Crippen molar-refractivity contribution in [3.8, 4) is 0 Å². The summed E-state index contributed by atoms with van der Waals surface area (Å²) in [7, 11) is 0. The molecule has 0 fully saturated rings. The third-order valence-electron chi connectivity index (χ3n) is 2.51. The molecule has 0 aliphatic rings. The second-order valence-electron chi connectivity index (χ2n) is 3.83. The smallest absolute Gasteiger partial charge is 0.337 e. The van der Waals surface area contributed by atoms with Gasteiger partial charge in [-0.15, -0.1) is 0 Å². The first kappa shape index (κ1) is 13.7. The van der Waals surface area contributed by atoms with Gasteiger partial charge in [0.25, 0.3) is 0 Å². The summed E-state index contributed by atoms with van der Waals surface area (Å²) in [6.07, 6.45) is 0. The molecule has 0 amide bonds. The normalized spacial score (nSPS) is 10.2. The van der Waals surface area contributed by atoms with Gasteiger partial charge in [-0.05, 0) is 46.3 Å². The minimum absolute atomic E-state index is 0.0585. The van der Waals surface area contributed by atoms with Crippen LogP contribution in [0.2, 0.25) is 5.02 Å². The largest absolute Gasteiger partial charge is 0.478 e. The molecular weight excluding hydrogens is 332 g/mol. The highest BCUT2D eigenvalue weighted by Gasteiger charge is 2.10. The van der Waals surface area contributed by atoms with Crippen molar-refractivity contribution >= 4 is 50.6 Å². The Morgan fingerprint density at radius 3 is 2.74 bits per heavy atom. The number of hydrogen-bond acceptors (Lipinski definition) is 3. The zero-order valence-electron chi connectivity index (χ0n) is 9.65. The van der Waals surface area contributed by atoms with E-state index in [1.165, 1.54) is 6.07 Å². The molecule has 0 saturated heterocycles. The van der Waals surface area contributed by atoms with Crippen molar-refractivity contribution in [1.82, 2.24) is 0 Å². The van der Waals surface area contributed by atoms with Crippen LogP contribution in [-0.2, 0) is 0 Å². The highest BCUT2D eigenvalue weighted by molar-refractivity contribution is 9.10. The molecule has 98 valence electrons. The molecule has 6 heteroatoms. The average molecular weight is 342 g/mol. The number of halogens is 2. The van der Waals surface area contributed by atoms with E-state index in [1.54, 1.807) is 24.3 Å². The van der Waals surface area contributed by atoms with Crippen LogP contribution in [0.4, 0.5) is 17.1 Å². The Morgan fingerprint density at radius 2 is 2.05 bits per heavy atom. The van der Waals surface area contributed by atoms with Gasteiger partial charge < -0.3 is 16.2 Å². The van der Waals surface area contributed by atoms with Gasteiger partial charge in [0.1, 0.15) is 0 Å². The van der Waals surface area contributed by atoms with Crippen LogP contribution in [0.1, 0.15) is 10.4 Å². The van der Waals surface area contributed by atoms with Crippen molar-refractivity contribution < 1.29 is 9.90 Å². The first-order chi connectivity index (χ1) is 8.99. The van der Waals surface area contributed by atoms with E-state index in [0.717, 1.165) is 5.69 Å². The molecule has 0 saturated carbocycles. The summed E-state index contributed by atoms with van der Waals surface area (Å²) in [5, 5.41) is 12.7. The van der Waals surface area contributed by atoms with Crippen LogP contribution in [-0.4, -0.2) is 11.1 Å². The molecule has 2 aromatic carbocycles. The molecule has 0 aliphatic carbocycles. The first-order valence-corrected chi connectivity index (χ1v) is 6.50. The van der Waals surface area contributed by atoms with Crippen LogP contribution in [0.25, 0.3) is 0 Å². The lowest BCUT2D eigenvalue weighted by Crippen LogP contribution is -2.03. The van der Waals surface area contributed by atoms with Crippen LogP contribution in [0, 0.1) is 0 Å². The van der Waals surface area contributed by atoms with E-state index >= 15 is 0 Å². The van der Waals surface area contributed by atoms with Gasteiger partial charge in [0.2, 0.25) is 0 Å². The van der Waals surface area contributed by atoms with Crippen molar-refractivity contribution in [3.63, 3.8) is 0 Å². The van der Waals surface area contributed by atoms with Gasteiger partial charge in [0.05, 0.1) is 20.7 Å². The fraction of sp³-hybridized carbons (Fsp3) is 0. The zero-order chi connectivity index (χ0) is 14.0. The molecule has 0 spiro atoms. The van der Waals surface area contributed by atoms with Crippen molar-refractivity contribution in [2.24, 2.45) is 0 Å². The first-order valence-electron chi connectivity index (χ1n) is 5.33. The minimum atomic E-state index is -1.06. The lowest BCUT2D eigenvalue weighted by atomic mass is 10.1. The van der Waals surface area contributed by atoms with Crippen LogP contribution in [0.15, 0.2) is 40.9 Å². The Hall–Kier alpha value is -1.72. The quantitative estimate of drug-likeness (QED) is 0.734. The predicted molar refractivity (Wildman–Crippen MR) is 80.2 cm³/mol. The number of nitrogens with one attached hydrogen (secondary N) is 1. The van der Waals surface area contributed by atoms with Crippen LogP contribution >= 0.6 is 27.5 Å². The second kappa shape index (κ2) is 5.50. The molecule has 0 bridgehead atoms. The highest BCUT2D eigenvalue weighted by Crippen LogP contribution is 2.32. The van der Waals surface area contributed by atoms with Gasteiger partial charge >= 0.3 is 5.97 Å². The fourth-order valence-corrected chi connectivity index (χ4v) is 2.11. The lowest BCUT2D eigenvalue weighted by Gasteiger charge is -2.11. The van der Waals surface area contributed by atoms with E-state index in [2.05, 4.69) is 21.2 Å². The monoisotopic (exact) mass is 340 g/mol. The number of carboxylic acid groups (broad SMARTS) is 1. The number of nitrogen functional groups attached to an aromatic ring is 1. The van der Waals surface area contributed by atoms with Gasteiger partial charge in [-0.1, -0.05) is 17.7 Å². The van der Waals surface area contributed by atoms with E-state index < -0.39 is 5.97 Å². The standard InChI is InChI=1S/C13H10BrClN2O2/c14-12-9(15)2-1-3-11(12)17-7-4-5-10(16)8(6-7)13(18)19/h1-6,17H,16H2,(H,18,19). The number of nitrogens with two attached hydrogens (primary N) is 1. The van der Waals surface area contributed by atoms with Gasteiger partial charge in [-0.3, -0.25) is 0 Å². The van der Waals surface area contributed by atoms with Gasteiger partial charge in [0.15, 0.2) is 0 Å². The van der Waals surface area contributed by atoms with Crippen LogP contribution in [0.5, 0.6) is 0 Å². The van der Waals surface area contributed by atoms with Crippen molar-refractivity contribution in [3.05, 3.63) is 51.5 Å². The topological polar surface area (TPSA) is 75.3 Å². The molecule has 0 unspecified atom stereocenters. The summed E-state index contributed by atoms with van der Waals surface area (Å²) in [5.74, 6) is -1.06. The average Bonchev–Trinajstić information content (AvgIpc) is 2.37. The predicted octanol–water partition coefficient (Wildman–Crippen LogP) is 4.13. The SMILES string of the molecule is Nc1ccc(Nc2cccc(Cl)c2Br)cc1C(=O)O. The maximum Gasteiger partial charge on any atom is 0.337 e. The third-order valence-corrected chi connectivity index (χ3v) is 3.91. The maximum atomic E-state index is 11.0. The Morgan fingerprint density at radius 1 is 1.32 bits per heavy atom. The van der Waals surface area contributed by atoms with Crippen molar-refractivity contribution in [2.75, 3.05) is 11.1 Å². The summed E-state index contributed by atoms with van der Waals surface area (Å²) in [6, 6.07) is 10.1. The molecule has 4 N–H and O–H groups in total. The van der Waals surface area contributed by atoms with Gasteiger partial charge in [-0.2, -0.15) is 0 Å². The molecule has 0 radical (unpaired) electrons. The number of carboxylic acids is 1. The van der Waals surface area contributed by atoms with E-state index in [4.69, 9.17) is 22.4 Å². The summed E-state index contributed by atoms with van der Waals surface area (Å²) < 4.78 is 0.713. The Labute approximate surface area is 123 Å². The Kier molecular flexibility index (Phi) is 3.97. The van der Waals surface area contributed by atoms with E-state index in [1.807, 2.05) is 6.07 Å². The summed E-state index contributed by atoms with van der Waals surface area (Å²) in [6.45, 7) is 0. The van der Waals surface area contributed by atoms with Crippen LogP contribution < -0.4 is 11.1 Å². The molecular formula is C13H10BrClN2O2. The highest BCUT2D eigenvalue weighted by atomic mass is 79.9. The molecule has 2 rings (SSSR count). The molecule has 0 aliphatic heterocycles. The fourth-order valence-electron chi connectivity index (χ4n) is 1.58. The molecule has 2 aromatic rings. The number of benzene rings is 2.